The third-order valence-electron chi connectivity index (χ3n) is 3.27. The van der Waals surface area contributed by atoms with Gasteiger partial charge in [-0.15, -0.1) is 0 Å². The van der Waals surface area contributed by atoms with Crippen LogP contribution in [0, 0.1) is 17.8 Å². The lowest BCUT2D eigenvalue weighted by molar-refractivity contribution is -0.239. The first-order valence-corrected chi connectivity index (χ1v) is 7.59. The Morgan fingerprint density at radius 1 is 1.35 bits per heavy atom. The van der Waals surface area contributed by atoms with Gasteiger partial charge in [-0.2, -0.15) is 13.2 Å². The number of ether oxygens (including phenoxy) is 1. The maximum atomic E-state index is 13.6. The number of rotatable bonds is 0. The van der Waals surface area contributed by atoms with E-state index in [9.17, 15) is 18.0 Å². The molecule has 1 aliphatic carbocycles. The highest BCUT2D eigenvalue weighted by atomic mass is 35.5. The monoisotopic (exact) mass is 345 g/mol. The zero-order valence-corrected chi connectivity index (χ0v) is 13.3. The van der Waals surface area contributed by atoms with Crippen molar-refractivity contribution in [2.75, 3.05) is 5.32 Å². The van der Waals surface area contributed by atoms with Gasteiger partial charge in [-0.1, -0.05) is 31.4 Å². The number of carbonyl (C=O) groups excluding carboxylic acids is 1. The summed E-state index contributed by atoms with van der Waals surface area (Å²) in [6.07, 6.45) is -4.54. The Hall–Kier alpha value is -1.87. The predicted octanol–water partition coefficient (Wildman–Crippen LogP) is 5.10. The molecule has 0 bridgehead atoms. The standard InChI is InChI=1S/C14H9ClF3NO2.C2H6/c15-9-3-4-11-10(7-9)13(14(16,17)18,21-12(20)19-11)6-5-8-1-2-8;1-2/h3-4,7-8H,1-2H2,(H,19,20);1-2H3. The number of hydrogen-bond acceptors (Lipinski definition) is 2. The zero-order valence-electron chi connectivity index (χ0n) is 12.6. The summed E-state index contributed by atoms with van der Waals surface area (Å²) in [7, 11) is 0. The molecule has 1 heterocycles. The van der Waals surface area contributed by atoms with Crippen molar-refractivity contribution >= 4 is 23.4 Å². The lowest BCUT2D eigenvalue weighted by Crippen LogP contribution is -2.49. The number of anilines is 1. The minimum Gasteiger partial charge on any atom is -0.415 e. The molecule has 1 saturated carbocycles. The number of alkyl halides is 3. The van der Waals surface area contributed by atoms with Crippen molar-refractivity contribution in [1.82, 2.24) is 0 Å². The van der Waals surface area contributed by atoms with E-state index in [1.807, 2.05) is 13.8 Å². The van der Waals surface area contributed by atoms with Crippen LogP contribution in [0.1, 0.15) is 32.3 Å². The summed E-state index contributed by atoms with van der Waals surface area (Å²) < 4.78 is 45.4. The van der Waals surface area contributed by atoms with Gasteiger partial charge in [-0.25, -0.2) is 4.79 Å². The third-order valence-corrected chi connectivity index (χ3v) is 3.51. The second-order valence-electron chi connectivity index (χ2n) is 4.93. The van der Waals surface area contributed by atoms with E-state index in [-0.39, 0.29) is 22.2 Å². The van der Waals surface area contributed by atoms with Crippen molar-refractivity contribution in [2.24, 2.45) is 5.92 Å². The van der Waals surface area contributed by atoms with E-state index < -0.39 is 17.9 Å². The van der Waals surface area contributed by atoms with Crippen LogP contribution in [-0.4, -0.2) is 12.3 Å². The number of fused-ring (bicyclic) bond motifs is 1. The number of benzene rings is 1. The molecule has 1 N–H and O–H groups in total. The smallest absolute Gasteiger partial charge is 0.415 e. The Morgan fingerprint density at radius 2 is 2.00 bits per heavy atom. The van der Waals surface area contributed by atoms with Gasteiger partial charge in [0.1, 0.15) is 0 Å². The third kappa shape index (κ3) is 3.40. The average molecular weight is 346 g/mol. The summed E-state index contributed by atoms with van der Waals surface area (Å²) in [5, 5.41) is 2.34. The number of cyclic esters (lactones) is 1. The van der Waals surface area contributed by atoms with Gasteiger partial charge in [0.15, 0.2) is 0 Å². The van der Waals surface area contributed by atoms with E-state index in [0.29, 0.717) is 0 Å². The Morgan fingerprint density at radius 3 is 2.57 bits per heavy atom. The van der Waals surface area contributed by atoms with Gasteiger partial charge in [-0.3, -0.25) is 5.32 Å². The van der Waals surface area contributed by atoms with Crippen molar-refractivity contribution in [3.8, 4) is 11.8 Å². The number of halogens is 4. The first-order valence-electron chi connectivity index (χ1n) is 7.21. The molecular formula is C16H15ClF3NO2. The Bertz CT molecular complexity index is 674. The number of hydrogen-bond donors (Lipinski definition) is 1. The van der Waals surface area contributed by atoms with Crippen molar-refractivity contribution < 1.29 is 22.7 Å². The molecule has 7 heteroatoms. The molecule has 0 saturated heterocycles. The van der Waals surface area contributed by atoms with Crippen LogP contribution in [0.15, 0.2) is 18.2 Å². The summed E-state index contributed by atoms with van der Waals surface area (Å²) in [5.74, 6) is 4.60. The fraction of sp³-hybridized carbons (Fsp3) is 0.438. The molecule has 23 heavy (non-hydrogen) atoms. The van der Waals surface area contributed by atoms with Gasteiger partial charge in [0.05, 0.1) is 5.69 Å². The maximum absolute atomic E-state index is 13.6. The van der Waals surface area contributed by atoms with E-state index in [1.165, 1.54) is 12.1 Å². The second-order valence-corrected chi connectivity index (χ2v) is 5.36. The molecule has 1 atom stereocenters. The molecule has 1 aromatic carbocycles. The SMILES string of the molecule is CC.O=C1Nc2ccc(Cl)cc2C(C#CC2CC2)(C(F)(F)F)O1. The molecule has 0 aromatic heterocycles. The lowest BCUT2D eigenvalue weighted by atomic mass is 9.90. The highest BCUT2D eigenvalue weighted by molar-refractivity contribution is 6.30. The van der Waals surface area contributed by atoms with Crippen LogP contribution in [0.3, 0.4) is 0 Å². The van der Waals surface area contributed by atoms with Crippen LogP contribution in [0.5, 0.6) is 0 Å². The second kappa shape index (κ2) is 6.32. The fourth-order valence-corrected chi connectivity index (χ4v) is 2.22. The summed E-state index contributed by atoms with van der Waals surface area (Å²) in [4.78, 5) is 11.5. The van der Waals surface area contributed by atoms with E-state index in [1.54, 1.807) is 0 Å². The van der Waals surface area contributed by atoms with Crippen LogP contribution in [0.4, 0.5) is 23.7 Å². The Labute approximate surface area is 137 Å². The number of carbonyl (C=O) groups is 1. The van der Waals surface area contributed by atoms with Gasteiger partial charge in [0.25, 0.3) is 5.60 Å². The van der Waals surface area contributed by atoms with Gasteiger partial charge in [-0.05, 0) is 37.0 Å². The normalized spacial score (nSPS) is 22.4. The molecular weight excluding hydrogens is 331 g/mol. The molecule has 0 spiro atoms. The first kappa shape index (κ1) is 17.5. The van der Waals surface area contributed by atoms with Crippen molar-refractivity contribution in [2.45, 2.75) is 38.5 Å². The molecule has 0 radical (unpaired) electrons. The Kier molecular flexibility index (Phi) is 4.81. The van der Waals surface area contributed by atoms with Crippen molar-refractivity contribution in [3.05, 3.63) is 28.8 Å². The van der Waals surface area contributed by atoms with Gasteiger partial charge < -0.3 is 4.74 Å². The molecule has 3 rings (SSSR count). The van der Waals surface area contributed by atoms with Crippen LogP contribution >= 0.6 is 11.6 Å². The van der Waals surface area contributed by atoms with E-state index in [2.05, 4.69) is 21.9 Å². The summed E-state index contributed by atoms with van der Waals surface area (Å²) >= 11 is 5.78. The lowest BCUT2D eigenvalue weighted by Gasteiger charge is -2.35. The largest absolute Gasteiger partial charge is 0.445 e. The van der Waals surface area contributed by atoms with Crippen LogP contribution in [0.2, 0.25) is 5.02 Å². The first-order chi connectivity index (χ1) is 10.8. The summed E-state index contributed by atoms with van der Waals surface area (Å²) in [5.41, 5.74) is -3.27. The van der Waals surface area contributed by atoms with E-state index in [0.717, 1.165) is 18.9 Å². The van der Waals surface area contributed by atoms with Crippen molar-refractivity contribution in [3.63, 3.8) is 0 Å². The van der Waals surface area contributed by atoms with Crippen molar-refractivity contribution in [1.29, 1.82) is 0 Å². The van der Waals surface area contributed by atoms with Crippen LogP contribution in [0.25, 0.3) is 0 Å². The predicted molar refractivity (Wildman–Crippen MR) is 81.1 cm³/mol. The maximum Gasteiger partial charge on any atom is 0.445 e. The summed E-state index contributed by atoms with van der Waals surface area (Å²) in [6.45, 7) is 4.00. The molecule has 1 amide bonds. The fourth-order valence-electron chi connectivity index (χ4n) is 2.05. The van der Waals surface area contributed by atoms with Gasteiger partial charge >= 0.3 is 12.3 Å². The minimum atomic E-state index is -4.87. The van der Waals surface area contributed by atoms with Crippen LogP contribution in [-0.2, 0) is 10.3 Å². The topological polar surface area (TPSA) is 38.3 Å². The highest BCUT2D eigenvalue weighted by Gasteiger charge is 2.62. The molecule has 124 valence electrons. The van der Waals surface area contributed by atoms with E-state index >= 15 is 0 Å². The molecule has 3 nitrogen and oxygen atoms in total. The molecule has 1 unspecified atom stereocenters. The highest BCUT2D eigenvalue weighted by Crippen LogP contribution is 2.48. The quantitative estimate of drug-likeness (QED) is 0.664. The number of nitrogens with one attached hydrogen (secondary N) is 1. The Balaban J connectivity index is 0.000000924. The number of amides is 1. The molecule has 1 aliphatic heterocycles. The van der Waals surface area contributed by atoms with Crippen LogP contribution < -0.4 is 5.32 Å². The summed E-state index contributed by atoms with van der Waals surface area (Å²) in [6, 6.07) is 3.81. The van der Waals surface area contributed by atoms with E-state index in [4.69, 9.17) is 11.6 Å². The molecule has 2 aliphatic rings. The van der Waals surface area contributed by atoms with Gasteiger partial charge in [0, 0.05) is 16.5 Å². The molecule has 1 aromatic rings. The average Bonchev–Trinajstić information content (AvgIpc) is 3.30. The molecule has 1 fully saturated rings. The zero-order chi connectivity index (χ0) is 17.3. The minimum absolute atomic E-state index is 0.00179. The van der Waals surface area contributed by atoms with Gasteiger partial charge in [0.2, 0.25) is 0 Å².